The molecule has 25 heavy (non-hydrogen) atoms. The average molecular weight is 333 g/mol. The van der Waals surface area contributed by atoms with Crippen molar-refractivity contribution in [3.8, 4) is 17.0 Å². The number of rotatable bonds is 3. The molecule has 0 amide bonds. The van der Waals surface area contributed by atoms with Crippen LogP contribution in [0.5, 0.6) is 5.75 Å². The van der Waals surface area contributed by atoms with Crippen LogP contribution in [0.25, 0.3) is 22.2 Å². The van der Waals surface area contributed by atoms with Gasteiger partial charge in [-0.15, -0.1) is 0 Å². The second kappa shape index (κ2) is 6.19. The number of benzene rings is 1. The predicted octanol–water partition coefficient (Wildman–Crippen LogP) is 4.09. The quantitative estimate of drug-likeness (QED) is 0.785. The zero-order valence-electron chi connectivity index (χ0n) is 14.3. The van der Waals surface area contributed by atoms with Crippen molar-refractivity contribution in [1.82, 2.24) is 14.9 Å². The van der Waals surface area contributed by atoms with Crippen LogP contribution in [0.3, 0.4) is 0 Å². The van der Waals surface area contributed by atoms with Crippen LogP contribution in [0.1, 0.15) is 19.3 Å². The molecule has 1 aromatic carbocycles. The Labute approximate surface area is 147 Å². The summed E-state index contributed by atoms with van der Waals surface area (Å²) in [6.45, 7) is 3.64. The molecule has 1 N–H and O–H groups in total. The Bertz CT molecular complexity index is 870. The number of piperidine rings is 2. The van der Waals surface area contributed by atoms with Gasteiger partial charge in [0.1, 0.15) is 11.9 Å². The fraction of sp³-hybridized carbons (Fsp3) is 0.381. The first-order valence-corrected chi connectivity index (χ1v) is 9.28. The first-order valence-electron chi connectivity index (χ1n) is 9.28. The Balaban J connectivity index is 1.32. The van der Waals surface area contributed by atoms with Crippen LogP contribution in [0.2, 0.25) is 0 Å². The number of hydrogen-bond acceptors (Lipinski definition) is 3. The number of aromatic nitrogens is 2. The molecular formula is C21H23N3O. The summed E-state index contributed by atoms with van der Waals surface area (Å²) in [6, 6.07) is 12.6. The highest BCUT2D eigenvalue weighted by molar-refractivity contribution is 5.84. The summed E-state index contributed by atoms with van der Waals surface area (Å²) in [5, 5.41) is 1.21. The van der Waals surface area contributed by atoms with E-state index in [1.165, 1.54) is 37.9 Å². The minimum Gasteiger partial charge on any atom is -0.488 e. The van der Waals surface area contributed by atoms with E-state index in [9.17, 15) is 0 Å². The van der Waals surface area contributed by atoms with E-state index in [1.54, 1.807) is 0 Å². The van der Waals surface area contributed by atoms with Gasteiger partial charge in [-0.05, 0) is 56.1 Å². The zero-order chi connectivity index (χ0) is 16.6. The minimum atomic E-state index is 0.348. The molecule has 0 radical (unpaired) electrons. The second-order valence-corrected chi connectivity index (χ2v) is 7.31. The molecule has 2 aliphatic heterocycles. The van der Waals surface area contributed by atoms with Gasteiger partial charge in [-0.1, -0.05) is 6.07 Å². The Hall–Kier alpha value is -2.33. The maximum absolute atomic E-state index is 6.30. The van der Waals surface area contributed by atoms with Gasteiger partial charge in [0.05, 0.1) is 11.9 Å². The molecule has 0 saturated carbocycles. The van der Waals surface area contributed by atoms with Crippen molar-refractivity contribution in [3.05, 3.63) is 48.8 Å². The summed E-state index contributed by atoms with van der Waals surface area (Å²) in [5.74, 6) is 1.58. The van der Waals surface area contributed by atoms with Gasteiger partial charge in [-0.2, -0.15) is 0 Å². The number of nitrogens with one attached hydrogen (secondary N) is 1. The van der Waals surface area contributed by atoms with Crippen molar-refractivity contribution in [2.24, 2.45) is 5.92 Å². The van der Waals surface area contributed by atoms with Gasteiger partial charge in [-0.25, -0.2) is 0 Å². The molecule has 2 bridgehead atoms. The molecule has 3 aromatic rings. The number of nitrogens with zero attached hydrogens (tertiary/aromatic N) is 2. The SMILES string of the molecule is c1cc2cc(-c3ccc(O[C@H]4CCN5CCC[C@@H]4C5)cn3)ccc2[nH]1. The van der Waals surface area contributed by atoms with E-state index in [0.29, 0.717) is 12.0 Å². The first kappa shape index (κ1) is 15.0. The topological polar surface area (TPSA) is 41.1 Å². The molecule has 2 aromatic heterocycles. The van der Waals surface area contributed by atoms with Crippen LogP contribution in [-0.4, -0.2) is 40.6 Å². The molecule has 1 unspecified atom stereocenters. The number of ether oxygens (including phenoxy) is 1. The van der Waals surface area contributed by atoms with Crippen LogP contribution >= 0.6 is 0 Å². The molecule has 128 valence electrons. The lowest BCUT2D eigenvalue weighted by atomic mass is 9.87. The second-order valence-electron chi connectivity index (χ2n) is 7.31. The molecule has 3 atom stereocenters. The lowest BCUT2D eigenvalue weighted by Gasteiger charge is -2.42. The lowest BCUT2D eigenvalue weighted by Crippen LogP contribution is -2.48. The molecule has 2 fully saturated rings. The summed E-state index contributed by atoms with van der Waals surface area (Å²) in [4.78, 5) is 10.4. The van der Waals surface area contributed by atoms with Gasteiger partial charge in [0, 0.05) is 41.7 Å². The molecule has 2 aliphatic rings. The molecule has 0 aliphatic carbocycles. The third-order valence-corrected chi connectivity index (χ3v) is 5.67. The molecule has 4 heterocycles. The lowest BCUT2D eigenvalue weighted by molar-refractivity contribution is 0.0150. The molecule has 4 heteroatoms. The van der Waals surface area contributed by atoms with Crippen molar-refractivity contribution in [1.29, 1.82) is 0 Å². The fourth-order valence-corrected chi connectivity index (χ4v) is 4.31. The van der Waals surface area contributed by atoms with Crippen LogP contribution in [0.15, 0.2) is 48.8 Å². The number of pyridine rings is 1. The summed E-state index contributed by atoms with van der Waals surface area (Å²) in [5.41, 5.74) is 3.28. The van der Waals surface area contributed by atoms with E-state index >= 15 is 0 Å². The van der Waals surface area contributed by atoms with E-state index in [2.05, 4.69) is 51.3 Å². The Morgan fingerprint density at radius 1 is 1.08 bits per heavy atom. The van der Waals surface area contributed by atoms with Gasteiger partial charge in [-0.3, -0.25) is 4.98 Å². The maximum atomic E-state index is 6.30. The van der Waals surface area contributed by atoms with Gasteiger partial charge in [0.25, 0.3) is 0 Å². The highest BCUT2D eigenvalue weighted by atomic mass is 16.5. The third kappa shape index (κ3) is 2.91. The zero-order valence-corrected chi connectivity index (χ0v) is 14.3. The van der Waals surface area contributed by atoms with E-state index in [1.807, 2.05) is 12.4 Å². The van der Waals surface area contributed by atoms with E-state index < -0.39 is 0 Å². The summed E-state index contributed by atoms with van der Waals surface area (Å²) in [7, 11) is 0. The third-order valence-electron chi connectivity index (χ3n) is 5.67. The number of aromatic amines is 1. The Morgan fingerprint density at radius 3 is 3.00 bits per heavy atom. The van der Waals surface area contributed by atoms with Crippen molar-refractivity contribution in [2.75, 3.05) is 19.6 Å². The smallest absolute Gasteiger partial charge is 0.138 e. The molecular weight excluding hydrogens is 310 g/mol. The van der Waals surface area contributed by atoms with Gasteiger partial charge < -0.3 is 14.6 Å². The number of hydrogen-bond donors (Lipinski definition) is 1. The van der Waals surface area contributed by atoms with Crippen molar-refractivity contribution in [3.63, 3.8) is 0 Å². The first-order chi connectivity index (χ1) is 12.3. The molecule has 0 spiro atoms. The van der Waals surface area contributed by atoms with Crippen LogP contribution in [0.4, 0.5) is 0 Å². The Kier molecular flexibility index (Phi) is 3.71. The van der Waals surface area contributed by atoms with Crippen molar-refractivity contribution < 1.29 is 4.74 Å². The van der Waals surface area contributed by atoms with Gasteiger partial charge in [0.15, 0.2) is 0 Å². The predicted molar refractivity (Wildman–Crippen MR) is 99.7 cm³/mol. The van der Waals surface area contributed by atoms with Gasteiger partial charge in [0.2, 0.25) is 0 Å². The highest BCUT2D eigenvalue weighted by Gasteiger charge is 2.33. The summed E-state index contributed by atoms with van der Waals surface area (Å²) >= 11 is 0. The Morgan fingerprint density at radius 2 is 2.08 bits per heavy atom. The standard InChI is InChI=1S/C21H23N3O/c1-2-17-14-24(10-1)11-8-21(17)25-18-4-6-20(23-13-18)15-3-5-19-16(12-15)7-9-22-19/h3-7,9,12-13,17,21-22H,1-2,8,10-11,14H2/t17-,21+/m1/s1. The maximum Gasteiger partial charge on any atom is 0.138 e. The van der Waals surface area contributed by atoms with Crippen LogP contribution in [-0.2, 0) is 0 Å². The highest BCUT2D eigenvalue weighted by Crippen LogP contribution is 2.30. The monoisotopic (exact) mass is 333 g/mol. The largest absolute Gasteiger partial charge is 0.488 e. The van der Waals surface area contributed by atoms with E-state index in [-0.39, 0.29) is 0 Å². The van der Waals surface area contributed by atoms with Crippen molar-refractivity contribution >= 4 is 10.9 Å². The fourth-order valence-electron chi connectivity index (χ4n) is 4.31. The van der Waals surface area contributed by atoms with Crippen LogP contribution < -0.4 is 4.74 Å². The van der Waals surface area contributed by atoms with Crippen molar-refractivity contribution in [2.45, 2.75) is 25.4 Å². The average Bonchev–Trinajstić information content (AvgIpc) is 3.13. The number of fused-ring (bicyclic) bond motifs is 3. The van der Waals surface area contributed by atoms with E-state index in [4.69, 9.17) is 4.74 Å². The molecule has 4 nitrogen and oxygen atoms in total. The van der Waals surface area contributed by atoms with Crippen LogP contribution in [0, 0.1) is 5.92 Å². The summed E-state index contributed by atoms with van der Waals surface area (Å²) < 4.78 is 6.30. The van der Waals surface area contributed by atoms with Gasteiger partial charge >= 0.3 is 0 Å². The molecule has 2 saturated heterocycles. The number of H-pyrrole nitrogens is 1. The molecule has 5 rings (SSSR count). The minimum absolute atomic E-state index is 0.348. The summed E-state index contributed by atoms with van der Waals surface area (Å²) in [6.07, 6.45) is 7.94. The normalized spacial score (nSPS) is 25.8. The van der Waals surface area contributed by atoms with E-state index in [0.717, 1.165) is 28.9 Å².